The number of nitrogens with one attached hydrogen (secondary N) is 1. The summed E-state index contributed by atoms with van der Waals surface area (Å²) in [6.45, 7) is 0.492. The summed E-state index contributed by atoms with van der Waals surface area (Å²) in [5.74, 6) is 0.264. The summed E-state index contributed by atoms with van der Waals surface area (Å²) in [6.07, 6.45) is 14.4. The Balaban J connectivity index is 1.84. The molecule has 176 valence electrons. The molecule has 3 rings (SSSR count). The molecule has 1 saturated carbocycles. The van der Waals surface area contributed by atoms with Crippen molar-refractivity contribution in [1.82, 2.24) is 10.2 Å². The van der Waals surface area contributed by atoms with E-state index in [0.717, 1.165) is 56.3 Å². The second kappa shape index (κ2) is 12.9. The first-order valence-electron chi connectivity index (χ1n) is 12.1. The molecule has 6 heteroatoms. The molecule has 2 aliphatic carbocycles. The Bertz CT molecular complexity index is 770. The van der Waals surface area contributed by atoms with Crippen molar-refractivity contribution in [1.29, 1.82) is 0 Å². The van der Waals surface area contributed by atoms with Crippen molar-refractivity contribution in [2.24, 2.45) is 0 Å². The number of benzene rings is 1. The standard InChI is InChI=1S/C26H37ClN2O3/c1-32-23-15-13-21(14-16-23)25(26(31)28-22-11-7-2-3-8-12-22)29(24(30)19-27)18-17-20-9-5-4-6-10-20/h9,13-16,22,25H,2-8,10-12,17-19H2,1H3,(H,28,31)/t25-/m0/s1. The Morgan fingerprint density at radius 2 is 1.81 bits per heavy atom. The van der Waals surface area contributed by atoms with E-state index in [9.17, 15) is 9.59 Å². The highest BCUT2D eigenvalue weighted by Crippen LogP contribution is 2.28. The summed E-state index contributed by atoms with van der Waals surface area (Å²) in [6, 6.07) is 6.91. The van der Waals surface area contributed by atoms with Gasteiger partial charge >= 0.3 is 0 Å². The van der Waals surface area contributed by atoms with Crippen molar-refractivity contribution in [2.45, 2.75) is 82.7 Å². The molecule has 0 saturated heterocycles. The molecule has 1 atom stereocenters. The van der Waals surface area contributed by atoms with E-state index in [1.54, 1.807) is 12.0 Å². The maximum absolute atomic E-state index is 13.6. The van der Waals surface area contributed by atoms with Gasteiger partial charge in [-0.15, -0.1) is 11.6 Å². The minimum Gasteiger partial charge on any atom is -0.497 e. The Morgan fingerprint density at radius 3 is 2.41 bits per heavy atom. The number of carbonyl (C=O) groups excluding carboxylic acids is 2. The number of allylic oxidation sites excluding steroid dienone is 1. The van der Waals surface area contributed by atoms with Gasteiger partial charge in [0, 0.05) is 12.6 Å². The third-order valence-corrected chi connectivity index (χ3v) is 6.92. The summed E-state index contributed by atoms with van der Waals surface area (Å²) in [7, 11) is 1.62. The molecular formula is C26H37ClN2O3. The first-order valence-corrected chi connectivity index (χ1v) is 12.6. The van der Waals surface area contributed by atoms with Crippen LogP contribution < -0.4 is 10.1 Å². The Hall–Kier alpha value is -2.01. The summed E-state index contributed by atoms with van der Waals surface area (Å²) in [4.78, 5) is 28.2. The lowest BCUT2D eigenvalue weighted by atomic mass is 9.96. The van der Waals surface area contributed by atoms with Crippen LogP contribution in [0.3, 0.4) is 0 Å². The zero-order valence-electron chi connectivity index (χ0n) is 19.3. The van der Waals surface area contributed by atoms with Gasteiger partial charge in [0.2, 0.25) is 11.8 Å². The van der Waals surface area contributed by atoms with Crippen molar-refractivity contribution in [2.75, 3.05) is 19.5 Å². The maximum Gasteiger partial charge on any atom is 0.247 e. The van der Waals surface area contributed by atoms with E-state index in [-0.39, 0.29) is 23.7 Å². The first-order chi connectivity index (χ1) is 15.6. The molecule has 2 amide bonds. The second-order valence-electron chi connectivity index (χ2n) is 8.95. The molecule has 1 N–H and O–H groups in total. The number of methoxy groups -OCH3 is 1. The van der Waals surface area contributed by atoms with Crippen LogP contribution in [0.25, 0.3) is 0 Å². The molecule has 1 fully saturated rings. The van der Waals surface area contributed by atoms with Crippen LogP contribution in [-0.4, -0.2) is 42.3 Å². The normalized spacial score (nSPS) is 18.2. The van der Waals surface area contributed by atoms with Crippen LogP contribution in [0.15, 0.2) is 35.9 Å². The molecule has 0 aliphatic heterocycles. The van der Waals surface area contributed by atoms with Gasteiger partial charge in [0.1, 0.15) is 17.7 Å². The van der Waals surface area contributed by atoms with Crippen molar-refractivity contribution in [3.05, 3.63) is 41.5 Å². The Labute approximate surface area is 197 Å². The molecule has 1 aromatic rings. The molecule has 0 bridgehead atoms. The lowest BCUT2D eigenvalue weighted by Crippen LogP contribution is -2.47. The Morgan fingerprint density at radius 1 is 1.09 bits per heavy atom. The van der Waals surface area contributed by atoms with E-state index in [4.69, 9.17) is 16.3 Å². The highest BCUT2D eigenvalue weighted by Gasteiger charge is 2.32. The summed E-state index contributed by atoms with van der Waals surface area (Å²) >= 11 is 6.01. The highest BCUT2D eigenvalue weighted by atomic mass is 35.5. The number of ether oxygens (including phenoxy) is 1. The molecule has 0 spiro atoms. The van der Waals surface area contributed by atoms with Crippen LogP contribution in [-0.2, 0) is 9.59 Å². The van der Waals surface area contributed by atoms with Crippen LogP contribution in [0, 0.1) is 0 Å². The van der Waals surface area contributed by atoms with Crippen molar-refractivity contribution in [3.8, 4) is 5.75 Å². The molecule has 2 aliphatic rings. The number of nitrogens with zero attached hydrogens (tertiary/aromatic N) is 1. The quantitative estimate of drug-likeness (QED) is 0.299. The van der Waals surface area contributed by atoms with E-state index in [1.807, 2.05) is 24.3 Å². The summed E-state index contributed by atoms with van der Waals surface area (Å²) < 4.78 is 5.29. The van der Waals surface area contributed by atoms with E-state index in [1.165, 1.54) is 31.3 Å². The first kappa shape index (κ1) is 24.6. The lowest BCUT2D eigenvalue weighted by molar-refractivity contribution is -0.139. The number of hydrogen-bond donors (Lipinski definition) is 1. The highest BCUT2D eigenvalue weighted by molar-refractivity contribution is 6.27. The van der Waals surface area contributed by atoms with Gasteiger partial charge in [-0.25, -0.2) is 0 Å². The largest absolute Gasteiger partial charge is 0.497 e. The molecule has 0 aromatic heterocycles. The van der Waals surface area contributed by atoms with Crippen LogP contribution in [0.1, 0.15) is 82.2 Å². The van der Waals surface area contributed by atoms with E-state index in [2.05, 4.69) is 11.4 Å². The van der Waals surface area contributed by atoms with Gasteiger partial charge in [0.25, 0.3) is 0 Å². The molecule has 5 nitrogen and oxygen atoms in total. The average Bonchev–Trinajstić information content (AvgIpc) is 3.10. The summed E-state index contributed by atoms with van der Waals surface area (Å²) in [5, 5.41) is 3.26. The van der Waals surface area contributed by atoms with Crippen LogP contribution in [0.4, 0.5) is 0 Å². The van der Waals surface area contributed by atoms with E-state index < -0.39 is 6.04 Å². The number of amides is 2. The molecule has 32 heavy (non-hydrogen) atoms. The van der Waals surface area contributed by atoms with Gasteiger partial charge < -0.3 is 15.0 Å². The SMILES string of the molecule is COc1ccc([C@@H](C(=O)NC2CCCCCC2)N(CCC2=CCCCC2)C(=O)CCl)cc1. The molecule has 0 radical (unpaired) electrons. The zero-order valence-corrected chi connectivity index (χ0v) is 20.0. The minimum absolute atomic E-state index is 0.113. The number of alkyl halides is 1. The van der Waals surface area contributed by atoms with Crippen molar-refractivity contribution >= 4 is 23.4 Å². The van der Waals surface area contributed by atoms with Crippen LogP contribution in [0.2, 0.25) is 0 Å². The van der Waals surface area contributed by atoms with Gasteiger partial charge in [-0.2, -0.15) is 0 Å². The number of hydrogen-bond acceptors (Lipinski definition) is 3. The van der Waals surface area contributed by atoms with Crippen molar-refractivity contribution < 1.29 is 14.3 Å². The Kier molecular flexibility index (Phi) is 9.91. The fourth-order valence-corrected chi connectivity index (χ4v) is 4.99. The smallest absolute Gasteiger partial charge is 0.247 e. The van der Waals surface area contributed by atoms with Gasteiger partial charge in [-0.05, 0) is 62.6 Å². The van der Waals surface area contributed by atoms with Gasteiger partial charge in [-0.3, -0.25) is 9.59 Å². The number of halogens is 1. The van der Waals surface area contributed by atoms with Crippen molar-refractivity contribution in [3.63, 3.8) is 0 Å². The third-order valence-electron chi connectivity index (χ3n) is 6.69. The lowest BCUT2D eigenvalue weighted by Gasteiger charge is -2.33. The third kappa shape index (κ3) is 6.99. The molecule has 0 heterocycles. The van der Waals surface area contributed by atoms with E-state index in [0.29, 0.717) is 6.54 Å². The summed E-state index contributed by atoms with van der Waals surface area (Å²) in [5.41, 5.74) is 2.16. The van der Waals surface area contributed by atoms with Gasteiger partial charge in [0.15, 0.2) is 0 Å². The monoisotopic (exact) mass is 460 g/mol. The fraction of sp³-hybridized carbons (Fsp3) is 0.615. The molecule has 0 unspecified atom stereocenters. The average molecular weight is 461 g/mol. The molecular weight excluding hydrogens is 424 g/mol. The van der Waals surface area contributed by atoms with E-state index >= 15 is 0 Å². The second-order valence-corrected chi connectivity index (χ2v) is 9.22. The number of carbonyl (C=O) groups is 2. The predicted molar refractivity (Wildman–Crippen MR) is 129 cm³/mol. The van der Waals surface area contributed by atoms with Gasteiger partial charge in [0.05, 0.1) is 7.11 Å². The van der Waals surface area contributed by atoms with Crippen LogP contribution >= 0.6 is 11.6 Å². The van der Waals surface area contributed by atoms with Crippen LogP contribution in [0.5, 0.6) is 5.75 Å². The number of rotatable bonds is 9. The molecule has 1 aromatic carbocycles. The minimum atomic E-state index is -0.695. The zero-order chi connectivity index (χ0) is 22.8. The van der Waals surface area contributed by atoms with Gasteiger partial charge in [-0.1, -0.05) is 49.5 Å². The topological polar surface area (TPSA) is 58.6 Å². The maximum atomic E-state index is 13.6. The fourth-order valence-electron chi connectivity index (χ4n) is 4.83. The predicted octanol–water partition coefficient (Wildman–Crippen LogP) is 5.53.